The largest absolute Gasteiger partial charge is 0.381 e. The third-order valence-corrected chi connectivity index (χ3v) is 4.11. The molecule has 1 saturated carbocycles. The van der Waals surface area contributed by atoms with Crippen molar-refractivity contribution in [2.24, 2.45) is 0 Å². The Hall–Kier alpha value is -1.98. The van der Waals surface area contributed by atoms with Gasteiger partial charge in [-0.2, -0.15) is 5.26 Å². The van der Waals surface area contributed by atoms with Gasteiger partial charge in [0.25, 0.3) is 0 Å². The Kier molecular flexibility index (Phi) is 3.62. The molecule has 0 unspecified atom stereocenters. The van der Waals surface area contributed by atoms with Crippen molar-refractivity contribution in [2.45, 2.75) is 24.8 Å². The molecule has 0 aromatic heterocycles. The van der Waals surface area contributed by atoms with Gasteiger partial charge < -0.3 is 5.32 Å². The second kappa shape index (κ2) is 5.56. The number of anilines is 1. The minimum Gasteiger partial charge on any atom is -0.381 e. The van der Waals surface area contributed by atoms with Crippen LogP contribution >= 0.6 is 11.6 Å². The van der Waals surface area contributed by atoms with Gasteiger partial charge in [-0.25, -0.2) is 0 Å². The molecule has 2 aromatic rings. The Bertz CT molecular complexity index is 640. The van der Waals surface area contributed by atoms with Gasteiger partial charge in [0, 0.05) is 11.1 Å². The Morgan fingerprint density at radius 1 is 1.10 bits per heavy atom. The van der Waals surface area contributed by atoms with E-state index in [0.717, 1.165) is 18.5 Å². The highest BCUT2D eigenvalue weighted by atomic mass is 35.5. The van der Waals surface area contributed by atoms with Crippen LogP contribution in [0.5, 0.6) is 0 Å². The van der Waals surface area contributed by atoms with Crippen molar-refractivity contribution in [2.75, 3.05) is 5.32 Å². The number of rotatable bonds is 3. The van der Waals surface area contributed by atoms with E-state index in [4.69, 9.17) is 16.9 Å². The highest BCUT2D eigenvalue weighted by molar-refractivity contribution is 6.30. The first kappa shape index (κ1) is 13.0. The van der Waals surface area contributed by atoms with Crippen molar-refractivity contribution in [1.82, 2.24) is 0 Å². The zero-order valence-corrected chi connectivity index (χ0v) is 11.8. The zero-order valence-electron chi connectivity index (χ0n) is 11.0. The average Bonchev–Trinajstić information content (AvgIpc) is 2.43. The molecule has 2 aromatic carbocycles. The van der Waals surface area contributed by atoms with Gasteiger partial charge in [0.05, 0.1) is 11.3 Å². The molecule has 0 spiro atoms. The summed E-state index contributed by atoms with van der Waals surface area (Å²) in [7, 11) is 0. The Morgan fingerprint density at radius 2 is 1.85 bits per heavy atom. The Labute approximate surface area is 124 Å². The topological polar surface area (TPSA) is 35.8 Å². The van der Waals surface area contributed by atoms with Crippen molar-refractivity contribution in [3.05, 3.63) is 64.7 Å². The number of benzene rings is 2. The highest BCUT2D eigenvalue weighted by Crippen LogP contribution is 2.38. The predicted octanol–water partition coefficient (Wildman–Crippen LogP) is 4.57. The molecule has 1 N–H and O–H groups in total. The molecule has 3 heteroatoms. The third kappa shape index (κ3) is 2.64. The molecule has 100 valence electrons. The van der Waals surface area contributed by atoms with E-state index < -0.39 is 0 Å². The van der Waals surface area contributed by atoms with E-state index in [1.54, 1.807) is 12.1 Å². The normalized spacial score (nSPS) is 20.8. The lowest BCUT2D eigenvalue weighted by atomic mass is 9.76. The van der Waals surface area contributed by atoms with Gasteiger partial charge in [0.2, 0.25) is 0 Å². The molecule has 0 heterocycles. The summed E-state index contributed by atoms with van der Waals surface area (Å²) < 4.78 is 0. The molecule has 1 fully saturated rings. The van der Waals surface area contributed by atoms with Crippen molar-refractivity contribution in [1.29, 1.82) is 5.26 Å². The fourth-order valence-corrected chi connectivity index (χ4v) is 2.86. The third-order valence-electron chi connectivity index (χ3n) is 3.87. The summed E-state index contributed by atoms with van der Waals surface area (Å²) >= 11 is 5.99. The van der Waals surface area contributed by atoms with E-state index in [1.165, 1.54) is 5.56 Å². The quantitative estimate of drug-likeness (QED) is 0.895. The van der Waals surface area contributed by atoms with Crippen LogP contribution in [0.3, 0.4) is 0 Å². The molecule has 0 bridgehead atoms. The van der Waals surface area contributed by atoms with Crippen LogP contribution in [0.15, 0.2) is 48.5 Å². The minimum absolute atomic E-state index is 0.422. The summed E-state index contributed by atoms with van der Waals surface area (Å²) in [5.74, 6) is 0.624. The standard InChI is InChI=1S/C17H15ClN2/c18-15-7-6-13(11-19)17(10-15)20-16-8-14(9-16)12-4-2-1-3-5-12/h1-7,10,14,16,20H,8-9H2. The maximum atomic E-state index is 9.11. The first-order chi connectivity index (χ1) is 9.76. The van der Waals surface area contributed by atoms with Crippen molar-refractivity contribution in [3.63, 3.8) is 0 Å². The lowest BCUT2D eigenvalue weighted by molar-refractivity contribution is 0.374. The van der Waals surface area contributed by atoms with Crippen LogP contribution in [0.2, 0.25) is 5.02 Å². The molecule has 0 amide bonds. The monoisotopic (exact) mass is 282 g/mol. The van der Waals surface area contributed by atoms with Crippen molar-refractivity contribution >= 4 is 17.3 Å². The van der Waals surface area contributed by atoms with Crippen LogP contribution in [0.1, 0.15) is 29.9 Å². The van der Waals surface area contributed by atoms with E-state index in [-0.39, 0.29) is 0 Å². The summed E-state index contributed by atoms with van der Waals surface area (Å²) in [6.07, 6.45) is 2.20. The van der Waals surface area contributed by atoms with Crippen LogP contribution in [-0.2, 0) is 0 Å². The van der Waals surface area contributed by atoms with Crippen LogP contribution in [0, 0.1) is 11.3 Å². The number of nitrogens with zero attached hydrogens (tertiary/aromatic N) is 1. The second-order valence-electron chi connectivity index (χ2n) is 5.22. The number of halogens is 1. The van der Waals surface area contributed by atoms with E-state index >= 15 is 0 Å². The SMILES string of the molecule is N#Cc1ccc(Cl)cc1NC1CC(c2ccccc2)C1. The summed E-state index contributed by atoms with van der Waals surface area (Å²) in [5.41, 5.74) is 2.89. The molecule has 1 aliphatic rings. The summed E-state index contributed by atoms with van der Waals surface area (Å²) in [6, 6.07) is 18.5. The fraction of sp³-hybridized carbons (Fsp3) is 0.235. The van der Waals surface area contributed by atoms with Gasteiger partial charge in [-0.1, -0.05) is 41.9 Å². The van der Waals surface area contributed by atoms with Crippen molar-refractivity contribution in [3.8, 4) is 6.07 Å². The second-order valence-corrected chi connectivity index (χ2v) is 5.66. The van der Waals surface area contributed by atoms with Crippen molar-refractivity contribution < 1.29 is 0 Å². The molecule has 20 heavy (non-hydrogen) atoms. The molecular formula is C17H15ClN2. The lowest BCUT2D eigenvalue weighted by Gasteiger charge is -2.37. The highest BCUT2D eigenvalue weighted by Gasteiger charge is 2.30. The first-order valence-corrected chi connectivity index (χ1v) is 7.15. The molecule has 0 radical (unpaired) electrons. The molecule has 0 aliphatic heterocycles. The first-order valence-electron chi connectivity index (χ1n) is 6.77. The Morgan fingerprint density at radius 3 is 2.55 bits per heavy atom. The van der Waals surface area contributed by atoms with E-state index in [0.29, 0.717) is 22.5 Å². The van der Waals surface area contributed by atoms with Gasteiger partial charge in [0.15, 0.2) is 0 Å². The van der Waals surface area contributed by atoms with Gasteiger partial charge >= 0.3 is 0 Å². The van der Waals surface area contributed by atoms with Gasteiger partial charge in [-0.3, -0.25) is 0 Å². The summed E-state index contributed by atoms with van der Waals surface area (Å²) in [4.78, 5) is 0. The summed E-state index contributed by atoms with van der Waals surface area (Å²) in [5, 5.41) is 13.2. The maximum Gasteiger partial charge on any atom is 0.101 e. The number of nitrogens with one attached hydrogen (secondary N) is 1. The summed E-state index contributed by atoms with van der Waals surface area (Å²) in [6.45, 7) is 0. The number of hydrogen-bond donors (Lipinski definition) is 1. The van der Waals surface area contributed by atoms with E-state index in [9.17, 15) is 0 Å². The predicted molar refractivity (Wildman–Crippen MR) is 82.0 cm³/mol. The van der Waals surface area contributed by atoms with Gasteiger partial charge in [-0.05, 0) is 42.5 Å². The van der Waals surface area contributed by atoms with Crippen LogP contribution in [-0.4, -0.2) is 6.04 Å². The van der Waals surface area contributed by atoms with Gasteiger partial charge in [0.1, 0.15) is 6.07 Å². The zero-order chi connectivity index (χ0) is 13.9. The van der Waals surface area contributed by atoms with Crippen LogP contribution in [0.4, 0.5) is 5.69 Å². The minimum atomic E-state index is 0.422. The van der Waals surface area contributed by atoms with Gasteiger partial charge in [-0.15, -0.1) is 0 Å². The maximum absolute atomic E-state index is 9.11. The van der Waals surface area contributed by atoms with E-state index in [2.05, 4.69) is 35.7 Å². The van der Waals surface area contributed by atoms with E-state index in [1.807, 2.05) is 12.1 Å². The molecule has 0 atom stereocenters. The molecule has 0 saturated heterocycles. The number of nitriles is 1. The van der Waals surface area contributed by atoms with Crippen LogP contribution < -0.4 is 5.32 Å². The molecule has 3 rings (SSSR count). The Balaban J connectivity index is 1.65. The molecule has 2 nitrogen and oxygen atoms in total. The fourth-order valence-electron chi connectivity index (χ4n) is 2.69. The number of hydrogen-bond acceptors (Lipinski definition) is 2. The van der Waals surface area contributed by atoms with Crippen LogP contribution in [0.25, 0.3) is 0 Å². The average molecular weight is 283 g/mol. The smallest absolute Gasteiger partial charge is 0.101 e. The molecular weight excluding hydrogens is 268 g/mol. The molecule has 1 aliphatic carbocycles. The lowest BCUT2D eigenvalue weighted by Crippen LogP contribution is -2.34.